The molecule has 10 nitrogen and oxygen atoms in total. The molecule has 1 aromatic carbocycles. The predicted molar refractivity (Wildman–Crippen MR) is 125 cm³/mol. The van der Waals surface area contributed by atoms with Gasteiger partial charge in [-0.05, 0) is 56.4 Å². The summed E-state index contributed by atoms with van der Waals surface area (Å²) in [5.74, 6) is -0.891. The topological polar surface area (TPSA) is 135 Å². The second-order valence-electron chi connectivity index (χ2n) is 9.01. The van der Waals surface area contributed by atoms with Crippen LogP contribution in [0.3, 0.4) is 0 Å². The summed E-state index contributed by atoms with van der Waals surface area (Å²) in [5.41, 5.74) is 0.314. The molecule has 1 aliphatic rings. The fourth-order valence-corrected chi connectivity index (χ4v) is 3.84. The Morgan fingerprint density at radius 1 is 1.23 bits per heavy atom. The van der Waals surface area contributed by atoms with Crippen molar-refractivity contribution in [2.45, 2.75) is 52.1 Å². The predicted octanol–water partition coefficient (Wildman–Crippen LogP) is 2.67. The van der Waals surface area contributed by atoms with Crippen molar-refractivity contribution in [3.8, 4) is 5.75 Å². The van der Waals surface area contributed by atoms with Gasteiger partial charge in [0.05, 0.1) is 11.2 Å². The molecule has 0 saturated heterocycles. The van der Waals surface area contributed by atoms with E-state index >= 15 is 0 Å². The number of allylic oxidation sites excluding steroid dienone is 1. The van der Waals surface area contributed by atoms with Crippen LogP contribution in [0.4, 0.5) is 4.39 Å². The quantitative estimate of drug-likeness (QED) is 0.468. The SMILES string of the molecule is Cc1nnc(C(NC(C)(C)c2nc(C(=O)NCc3ccc(F)cc3)c(O)c(=O)n2C)=C2CCC2)o1. The molecule has 3 N–H and O–H groups in total. The fraction of sp³-hybridized carbons (Fsp3) is 0.375. The Kier molecular flexibility index (Phi) is 6.42. The van der Waals surface area contributed by atoms with Crippen LogP contribution in [0, 0.1) is 12.7 Å². The standard InChI is InChI=1S/C24H27FN6O4/c1-13-29-30-21(35-13)17(15-6-5-7-15)28-24(2,3)23-27-18(19(32)22(34)31(23)4)20(33)26-12-14-8-10-16(25)11-9-14/h8-11,28,32H,5-7,12H2,1-4H3,(H,26,33). The van der Waals surface area contributed by atoms with Crippen molar-refractivity contribution in [3.63, 3.8) is 0 Å². The van der Waals surface area contributed by atoms with Gasteiger partial charge in [0, 0.05) is 20.5 Å². The summed E-state index contributed by atoms with van der Waals surface area (Å²) in [5, 5.41) is 24.4. The molecular formula is C24H27FN6O4. The number of hydrogen-bond acceptors (Lipinski definition) is 8. The molecule has 2 heterocycles. The molecule has 184 valence electrons. The van der Waals surface area contributed by atoms with Crippen molar-refractivity contribution in [2.75, 3.05) is 0 Å². The zero-order valence-corrected chi connectivity index (χ0v) is 20.0. The van der Waals surface area contributed by atoms with Crippen molar-refractivity contribution in [1.82, 2.24) is 30.4 Å². The highest BCUT2D eigenvalue weighted by Gasteiger charge is 2.33. The Labute approximate surface area is 200 Å². The summed E-state index contributed by atoms with van der Waals surface area (Å²) >= 11 is 0. The van der Waals surface area contributed by atoms with E-state index in [4.69, 9.17) is 4.42 Å². The smallest absolute Gasteiger partial charge is 0.296 e. The number of benzene rings is 1. The Hall–Kier alpha value is -4.02. The number of amides is 1. The van der Waals surface area contributed by atoms with E-state index in [0.717, 1.165) is 24.8 Å². The first-order chi connectivity index (χ1) is 16.6. The maximum absolute atomic E-state index is 13.1. The zero-order chi connectivity index (χ0) is 25.3. The highest BCUT2D eigenvalue weighted by molar-refractivity contribution is 5.94. The van der Waals surface area contributed by atoms with E-state index in [1.54, 1.807) is 20.8 Å². The Balaban J connectivity index is 1.65. The van der Waals surface area contributed by atoms with Crippen molar-refractivity contribution >= 4 is 11.6 Å². The van der Waals surface area contributed by atoms with Gasteiger partial charge < -0.3 is 20.2 Å². The van der Waals surface area contributed by atoms with Crippen molar-refractivity contribution in [1.29, 1.82) is 0 Å². The van der Waals surface area contributed by atoms with Crippen LogP contribution in [0.5, 0.6) is 5.75 Å². The number of carbonyl (C=O) groups is 1. The minimum Gasteiger partial charge on any atom is -0.501 e. The summed E-state index contributed by atoms with van der Waals surface area (Å²) in [7, 11) is 1.47. The van der Waals surface area contributed by atoms with Crippen LogP contribution in [0.25, 0.3) is 5.70 Å². The number of nitrogens with zero attached hydrogens (tertiary/aromatic N) is 4. The number of rotatable bonds is 7. The molecule has 2 aromatic heterocycles. The van der Waals surface area contributed by atoms with Crippen LogP contribution < -0.4 is 16.2 Å². The van der Waals surface area contributed by atoms with Gasteiger partial charge in [-0.15, -0.1) is 10.2 Å². The molecule has 0 radical (unpaired) electrons. The van der Waals surface area contributed by atoms with Crippen molar-refractivity contribution in [2.24, 2.45) is 7.05 Å². The molecule has 0 atom stereocenters. The fourth-order valence-electron chi connectivity index (χ4n) is 3.84. The summed E-state index contributed by atoms with van der Waals surface area (Å²) in [6.45, 7) is 5.37. The van der Waals surface area contributed by atoms with E-state index in [2.05, 4.69) is 25.8 Å². The van der Waals surface area contributed by atoms with Crippen LogP contribution in [-0.2, 0) is 19.1 Å². The summed E-state index contributed by atoms with van der Waals surface area (Å²) < 4.78 is 20.0. The number of carbonyl (C=O) groups excluding carboxylic acids is 1. The van der Waals surface area contributed by atoms with Gasteiger partial charge >= 0.3 is 0 Å². The van der Waals surface area contributed by atoms with E-state index in [0.29, 0.717) is 23.0 Å². The van der Waals surface area contributed by atoms with Crippen LogP contribution in [0.1, 0.15) is 66.8 Å². The van der Waals surface area contributed by atoms with E-state index in [1.165, 1.54) is 35.9 Å². The number of hydrogen-bond donors (Lipinski definition) is 3. The van der Waals surface area contributed by atoms with Gasteiger partial charge in [0.1, 0.15) is 11.6 Å². The average molecular weight is 483 g/mol. The number of aromatic hydroxyl groups is 1. The van der Waals surface area contributed by atoms with Gasteiger partial charge in [0.2, 0.25) is 11.6 Å². The molecule has 4 rings (SSSR count). The first kappa shape index (κ1) is 24.1. The summed E-state index contributed by atoms with van der Waals surface area (Å²) in [6, 6.07) is 5.61. The Morgan fingerprint density at radius 2 is 1.91 bits per heavy atom. The van der Waals surface area contributed by atoms with Gasteiger partial charge in [-0.3, -0.25) is 14.2 Å². The zero-order valence-electron chi connectivity index (χ0n) is 20.0. The molecule has 0 unspecified atom stereocenters. The monoisotopic (exact) mass is 482 g/mol. The molecule has 11 heteroatoms. The van der Waals surface area contributed by atoms with E-state index < -0.39 is 34.3 Å². The van der Waals surface area contributed by atoms with E-state index in [-0.39, 0.29) is 12.4 Å². The Bertz CT molecular complexity index is 1350. The number of aromatic nitrogens is 4. The minimum atomic E-state index is -0.964. The van der Waals surface area contributed by atoms with E-state index in [9.17, 15) is 19.1 Å². The number of aryl methyl sites for hydroxylation is 1. The average Bonchev–Trinajstić information content (AvgIpc) is 3.21. The molecule has 0 spiro atoms. The summed E-state index contributed by atoms with van der Waals surface area (Å²) in [4.78, 5) is 30.0. The molecule has 1 saturated carbocycles. The van der Waals surface area contributed by atoms with E-state index in [1.807, 2.05) is 0 Å². The second kappa shape index (κ2) is 9.32. The molecule has 1 aliphatic carbocycles. The third kappa shape index (κ3) is 4.93. The molecule has 0 aliphatic heterocycles. The van der Waals surface area contributed by atoms with Crippen LogP contribution >= 0.6 is 0 Å². The highest BCUT2D eigenvalue weighted by atomic mass is 19.1. The lowest BCUT2D eigenvalue weighted by Crippen LogP contribution is -2.43. The van der Waals surface area contributed by atoms with Crippen molar-refractivity contribution < 1.29 is 18.7 Å². The molecule has 0 bridgehead atoms. The first-order valence-corrected chi connectivity index (χ1v) is 11.2. The summed E-state index contributed by atoms with van der Waals surface area (Å²) in [6.07, 6.45) is 2.79. The molecular weight excluding hydrogens is 455 g/mol. The van der Waals surface area contributed by atoms with Crippen molar-refractivity contribution in [3.05, 3.63) is 74.9 Å². The molecule has 1 amide bonds. The maximum atomic E-state index is 13.1. The first-order valence-electron chi connectivity index (χ1n) is 11.2. The largest absolute Gasteiger partial charge is 0.501 e. The van der Waals surface area contributed by atoms with Gasteiger partial charge in [-0.2, -0.15) is 0 Å². The normalized spacial score (nSPS) is 13.3. The van der Waals surface area contributed by atoms with Gasteiger partial charge in [-0.25, -0.2) is 9.37 Å². The lowest BCUT2D eigenvalue weighted by atomic mass is 9.89. The lowest BCUT2D eigenvalue weighted by Gasteiger charge is -2.32. The number of halogens is 1. The van der Waals surface area contributed by atoms with Crippen LogP contribution in [0.15, 0.2) is 39.1 Å². The van der Waals surface area contributed by atoms with Crippen LogP contribution in [-0.4, -0.2) is 30.8 Å². The molecule has 1 fully saturated rings. The van der Waals surface area contributed by atoms with Crippen LogP contribution in [0.2, 0.25) is 0 Å². The highest BCUT2D eigenvalue weighted by Crippen LogP contribution is 2.34. The Morgan fingerprint density at radius 3 is 2.49 bits per heavy atom. The third-order valence-corrected chi connectivity index (χ3v) is 5.90. The maximum Gasteiger partial charge on any atom is 0.296 e. The van der Waals surface area contributed by atoms with Gasteiger partial charge in [0.15, 0.2) is 5.69 Å². The third-order valence-electron chi connectivity index (χ3n) is 5.90. The lowest BCUT2D eigenvalue weighted by molar-refractivity contribution is 0.0941. The van der Waals surface area contributed by atoms with Gasteiger partial charge in [-0.1, -0.05) is 12.1 Å². The minimum absolute atomic E-state index is 0.0686. The van der Waals surface area contributed by atoms with Gasteiger partial charge in [0.25, 0.3) is 17.4 Å². The molecule has 35 heavy (non-hydrogen) atoms. The molecule has 3 aromatic rings. The second-order valence-corrected chi connectivity index (χ2v) is 9.01. The number of nitrogens with one attached hydrogen (secondary N) is 2.